The van der Waals surface area contributed by atoms with E-state index in [2.05, 4.69) is 10.6 Å². The van der Waals surface area contributed by atoms with E-state index in [4.69, 9.17) is 18.9 Å². The highest BCUT2D eigenvalue weighted by atomic mass is 16.6. The zero-order valence-corrected chi connectivity index (χ0v) is 45.4. The van der Waals surface area contributed by atoms with E-state index in [1.165, 1.54) is 6.92 Å². The number of hydrogen-bond donors (Lipinski definition) is 2. The molecule has 2 amide bonds. The molecule has 2 aliphatic rings. The summed E-state index contributed by atoms with van der Waals surface area (Å²) in [4.78, 5) is 102. The maximum atomic E-state index is 14.5. The number of ether oxygens (including phenoxy) is 4. The van der Waals surface area contributed by atoms with Crippen LogP contribution in [0.4, 0.5) is 4.79 Å². The predicted octanol–water partition coefficient (Wildman–Crippen LogP) is 6.00. The number of carbonyl (C=O) groups is 7. The highest BCUT2D eigenvalue weighted by Crippen LogP contribution is 2.44. The minimum Gasteiger partial charge on any atom is -0.459 e. The Morgan fingerprint density at radius 2 is 1.00 bits per heavy atom. The van der Waals surface area contributed by atoms with Gasteiger partial charge in [-0.1, -0.05) is 69.3 Å². The number of Topliss-reactive ketones (excluding diaryl/α,β-unsaturated/α-hetero) is 2. The first kappa shape index (κ1) is 59.3. The molecule has 1 saturated heterocycles. The van der Waals surface area contributed by atoms with Crippen molar-refractivity contribution in [2.75, 3.05) is 85.1 Å². The predicted molar refractivity (Wildman–Crippen MR) is 276 cm³/mol. The van der Waals surface area contributed by atoms with Gasteiger partial charge in [0.1, 0.15) is 29.5 Å². The summed E-state index contributed by atoms with van der Waals surface area (Å²) >= 11 is 0. The zero-order valence-electron chi connectivity index (χ0n) is 45.4. The van der Waals surface area contributed by atoms with Crippen molar-refractivity contribution in [1.82, 2.24) is 30.2 Å². The minimum atomic E-state index is -1.06. The van der Waals surface area contributed by atoms with Crippen LogP contribution in [0.3, 0.4) is 0 Å². The van der Waals surface area contributed by atoms with Crippen LogP contribution in [0.1, 0.15) is 126 Å². The Morgan fingerprint density at radius 3 is 1.39 bits per heavy atom. The van der Waals surface area contributed by atoms with Crippen molar-refractivity contribution in [2.45, 2.75) is 144 Å². The largest absolute Gasteiger partial charge is 0.459 e. The molecule has 1 fully saturated rings. The topological polar surface area (TPSA) is 193 Å². The van der Waals surface area contributed by atoms with E-state index >= 15 is 0 Å². The van der Waals surface area contributed by atoms with E-state index in [0.717, 1.165) is 22.3 Å². The van der Waals surface area contributed by atoms with Crippen molar-refractivity contribution in [3.8, 4) is 11.1 Å². The number of benzene rings is 2. The number of fused-ring (bicyclic) bond motifs is 3. The van der Waals surface area contributed by atoms with Crippen LogP contribution in [0.25, 0.3) is 11.1 Å². The third kappa shape index (κ3) is 21.1. The first-order valence-corrected chi connectivity index (χ1v) is 25.4. The van der Waals surface area contributed by atoms with Gasteiger partial charge in [0.05, 0.1) is 25.7 Å². The Balaban J connectivity index is 1.53. The smallest absolute Gasteiger partial charge is 0.407 e. The highest BCUT2D eigenvalue weighted by molar-refractivity contribution is 5.88. The van der Waals surface area contributed by atoms with Gasteiger partial charge in [0.15, 0.2) is 11.6 Å². The van der Waals surface area contributed by atoms with Gasteiger partial charge in [-0.2, -0.15) is 0 Å². The maximum absolute atomic E-state index is 14.5. The van der Waals surface area contributed by atoms with Gasteiger partial charge in [-0.3, -0.25) is 48.4 Å². The minimum absolute atomic E-state index is 0.00593. The maximum Gasteiger partial charge on any atom is 0.407 e. The van der Waals surface area contributed by atoms with Crippen molar-refractivity contribution in [3.63, 3.8) is 0 Å². The number of esters is 3. The van der Waals surface area contributed by atoms with Gasteiger partial charge in [0, 0.05) is 77.7 Å². The molecule has 0 spiro atoms. The molecule has 0 bridgehead atoms. The lowest BCUT2D eigenvalue weighted by molar-refractivity contribution is -0.158. The lowest BCUT2D eigenvalue weighted by Crippen LogP contribution is -2.52. The number of ketones is 2. The summed E-state index contributed by atoms with van der Waals surface area (Å²) < 4.78 is 22.8. The number of nitrogens with zero attached hydrogens (tertiary/aromatic N) is 4. The van der Waals surface area contributed by atoms with Crippen LogP contribution in [-0.2, 0) is 47.7 Å². The van der Waals surface area contributed by atoms with E-state index in [0.29, 0.717) is 52.4 Å². The molecule has 2 atom stereocenters. The van der Waals surface area contributed by atoms with Gasteiger partial charge in [0.25, 0.3) is 0 Å². The molecule has 0 radical (unpaired) electrons. The molecule has 17 heteroatoms. The molecule has 0 aromatic heterocycles. The van der Waals surface area contributed by atoms with Crippen molar-refractivity contribution in [2.24, 2.45) is 5.41 Å². The SMILES string of the molecule is CC(=O)[C@@H](CNC(=O)CCC(C(=O)CC(C)(C)C)N1CCN(CC(=O)OC(C)(C)C)CCN(CC(=O)OC(C)(C)C)CCN(CC(=O)OC(C)(C)C)CC1)NC(=O)OCC1c2ccccc2-c2ccccc21. The van der Waals surface area contributed by atoms with Gasteiger partial charge in [-0.05, 0) is 103 Å². The molecule has 400 valence electrons. The number of carbonyl (C=O) groups excluding carboxylic acids is 7. The van der Waals surface area contributed by atoms with E-state index < -0.39 is 58.8 Å². The normalized spacial score (nSPS) is 17.0. The van der Waals surface area contributed by atoms with Crippen molar-refractivity contribution >= 4 is 41.5 Å². The number of amides is 2. The summed E-state index contributed by atoms with van der Waals surface area (Å²) in [6.45, 7) is 26.1. The standard InChI is InChI=1S/C55H84N6O11/c1-38(62)44(57-51(68)69-37-43-41-20-16-14-18-39(41)40-19-15-17-21-42(40)43)33-56-47(64)23-22-45(46(63)32-52(2,3)4)61-30-28-59(35-49(66)71-54(8,9)10)26-24-58(34-48(65)70-53(5,6)7)25-27-60(29-31-61)36-50(67)72-55(11,12)13/h14-21,43-45H,22-37H2,1-13H3,(H,56,64)(H,57,68)/t44-,45?/m1/s1. The second-order valence-electron chi connectivity index (χ2n) is 23.3. The molecular weight excluding hydrogens is 921 g/mol. The molecule has 2 N–H and O–H groups in total. The second-order valence-corrected chi connectivity index (χ2v) is 23.3. The Bertz CT molecular complexity index is 2090. The van der Waals surface area contributed by atoms with E-state index in [9.17, 15) is 33.6 Å². The molecule has 4 rings (SSSR count). The van der Waals surface area contributed by atoms with Gasteiger partial charge >= 0.3 is 24.0 Å². The van der Waals surface area contributed by atoms with Crippen LogP contribution in [0.5, 0.6) is 0 Å². The van der Waals surface area contributed by atoms with Crippen LogP contribution < -0.4 is 10.6 Å². The number of hydrogen-bond acceptors (Lipinski definition) is 15. The second kappa shape index (κ2) is 26.1. The fourth-order valence-corrected chi connectivity index (χ4v) is 8.85. The fraction of sp³-hybridized carbons (Fsp3) is 0.655. The van der Waals surface area contributed by atoms with Crippen LogP contribution in [0, 0.1) is 5.41 Å². The molecule has 72 heavy (non-hydrogen) atoms. The first-order chi connectivity index (χ1) is 33.4. The average Bonchev–Trinajstić information content (AvgIpc) is 3.55. The van der Waals surface area contributed by atoms with Crippen molar-refractivity contribution in [1.29, 1.82) is 0 Å². The van der Waals surface area contributed by atoms with E-state index in [1.54, 1.807) is 41.5 Å². The summed E-state index contributed by atoms with van der Waals surface area (Å²) in [7, 11) is 0. The lowest BCUT2D eigenvalue weighted by Gasteiger charge is -2.37. The summed E-state index contributed by atoms with van der Waals surface area (Å²) in [6, 6.07) is 14.2. The monoisotopic (exact) mass is 1000 g/mol. The number of rotatable bonds is 18. The van der Waals surface area contributed by atoms with E-state index in [1.807, 2.05) is 110 Å². The first-order valence-electron chi connectivity index (χ1n) is 25.4. The van der Waals surface area contributed by atoms with Gasteiger partial charge < -0.3 is 29.6 Å². The van der Waals surface area contributed by atoms with Gasteiger partial charge in [0.2, 0.25) is 5.91 Å². The summed E-state index contributed by atoms with van der Waals surface area (Å²) in [5.41, 5.74) is 1.75. The van der Waals surface area contributed by atoms with Crippen molar-refractivity contribution in [3.05, 3.63) is 59.7 Å². The fourth-order valence-electron chi connectivity index (χ4n) is 8.85. The molecule has 1 unspecified atom stereocenters. The Kier molecular flexibility index (Phi) is 21.5. The average molecular weight is 1010 g/mol. The van der Waals surface area contributed by atoms with Crippen LogP contribution >= 0.6 is 0 Å². The summed E-state index contributed by atoms with van der Waals surface area (Å²) in [5.74, 6) is -2.27. The number of nitrogens with one attached hydrogen (secondary N) is 2. The Morgan fingerprint density at radius 1 is 0.597 bits per heavy atom. The lowest BCUT2D eigenvalue weighted by atomic mass is 9.86. The quantitative estimate of drug-likeness (QED) is 0.130. The van der Waals surface area contributed by atoms with Crippen molar-refractivity contribution < 1.29 is 52.5 Å². The van der Waals surface area contributed by atoms with E-state index in [-0.39, 0.29) is 74.9 Å². The van der Waals surface area contributed by atoms with Gasteiger partial charge in [-0.25, -0.2) is 4.79 Å². The third-order valence-electron chi connectivity index (χ3n) is 12.0. The Hall–Kier alpha value is -5.23. The molecule has 1 aliphatic carbocycles. The molecule has 2 aromatic rings. The van der Waals surface area contributed by atoms with Gasteiger partial charge in [-0.15, -0.1) is 0 Å². The van der Waals surface area contributed by atoms with Crippen LogP contribution in [0.15, 0.2) is 48.5 Å². The molecule has 1 heterocycles. The molecule has 1 aliphatic heterocycles. The molecule has 17 nitrogen and oxygen atoms in total. The molecule has 0 saturated carbocycles. The zero-order chi connectivity index (χ0) is 53.6. The molecule has 2 aromatic carbocycles. The van der Waals surface area contributed by atoms with Crippen LogP contribution in [0.2, 0.25) is 0 Å². The third-order valence-corrected chi connectivity index (χ3v) is 12.0. The summed E-state index contributed by atoms with van der Waals surface area (Å²) in [5, 5.41) is 5.43. The Labute approximate surface area is 428 Å². The number of alkyl carbamates (subject to hydrolysis) is 1. The highest BCUT2D eigenvalue weighted by Gasteiger charge is 2.33. The summed E-state index contributed by atoms with van der Waals surface area (Å²) in [6.07, 6.45) is -0.510. The van der Waals surface area contributed by atoms with Crippen LogP contribution in [-0.4, -0.2) is 175 Å². The molecular formula is C55H84N6O11.